The van der Waals surface area contributed by atoms with E-state index in [2.05, 4.69) is 16.0 Å². The van der Waals surface area contributed by atoms with Crippen LogP contribution in [0, 0.1) is 0 Å². The number of aromatic nitrogens is 1. The number of morpholine rings is 1. The van der Waals surface area contributed by atoms with Crippen molar-refractivity contribution >= 4 is 33.2 Å². The Morgan fingerprint density at radius 3 is 2.41 bits per heavy atom. The number of ether oxygens (including phenoxy) is 1. The van der Waals surface area contributed by atoms with Gasteiger partial charge in [0.15, 0.2) is 0 Å². The summed E-state index contributed by atoms with van der Waals surface area (Å²) < 4.78 is 34.2. The van der Waals surface area contributed by atoms with Crippen LogP contribution in [0.5, 0.6) is 0 Å². The molecule has 41 heavy (non-hydrogen) atoms. The minimum Gasteiger partial charge on any atom is -0.481 e. The Labute approximate surface area is 247 Å². The first-order valence-corrected chi connectivity index (χ1v) is 15.6. The maximum Gasteiger partial charge on any atom is 0.303 e. The maximum atomic E-state index is 13.6. The van der Waals surface area contributed by atoms with Crippen LogP contribution in [0.2, 0.25) is 5.02 Å². The van der Waals surface area contributed by atoms with E-state index in [1.807, 2.05) is 36.4 Å². The van der Waals surface area contributed by atoms with Gasteiger partial charge in [-0.1, -0.05) is 48.0 Å². The zero-order valence-corrected chi connectivity index (χ0v) is 24.6. The van der Waals surface area contributed by atoms with Gasteiger partial charge < -0.3 is 9.84 Å². The molecule has 1 aliphatic rings. The zero-order chi connectivity index (χ0) is 29.1. The minimum atomic E-state index is -3.71. The average Bonchev–Trinajstić information content (AvgIpc) is 2.98. The highest BCUT2D eigenvalue weighted by Gasteiger charge is 2.25. The first-order chi connectivity index (χ1) is 19.8. The van der Waals surface area contributed by atoms with E-state index in [0.29, 0.717) is 57.1 Å². The van der Waals surface area contributed by atoms with Crippen LogP contribution in [0.1, 0.15) is 36.0 Å². The van der Waals surface area contributed by atoms with Gasteiger partial charge in [0, 0.05) is 62.1 Å². The van der Waals surface area contributed by atoms with Gasteiger partial charge in [-0.25, -0.2) is 8.42 Å². The number of allylic oxidation sites excluding steroid dienone is 1. The monoisotopic (exact) mass is 597 g/mol. The summed E-state index contributed by atoms with van der Waals surface area (Å²) in [7, 11) is -3.71. The number of pyridine rings is 1. The Morgan fingerprint density at radius 1 is 1.02 bits per heavy atom. The van der Waals surface area contributed by atoms with E-state index < -0.39 is 16.0 Å². The van der Waals surface area contributed by atoms with Crippen molar-refractivity contribution in [3.63, 3.8) is 0 Å². The molecule has 2 heterocycles. The van der Waals surface area contributed by atoms with E-state index in [-0.39, 0.29) is 11.3 Å². The van der Waals surface area contributed by atoms with Crippen LogP contribution in [0.3, 0.4) is 0 Å². The largest absolute Gasteiger partial charge is 0.481 e. The molecule has 0 spiro atoms. The molecule has 1 N–H and O–H groups in total. The fourth-order valence-electron chi connectivity index (χ4n) is 4.71. The number of sulfonamides is 1. The standard InChI is InChI=1S/C31H36ClN3O5S/c32-28-11-13-29(14-12-28)41(38,39)35(19-18-34-20-22-40-23-21-34)17-15-25-7-9-26(10-8-25)30(5-1-2-6-31(36)37)27-4-3-16-33-24-27/h3-5,7-14,16,24H,1-2,6,15,17-23H2,(H,36,37)/b30-5+. The molecule has 4 rings (SSSR count). The molecule has 1 aromatic heterocycles. The highest BCUT2D eigenvalue weighted by Crippen LogP contribution is 2.25. The quantitative estimate of drug-likeness (QED) is 0.261. The van der Waals surface area contributed by atoms with Crippen LogP contribution in [0.4, 0.5) is 0 Å². The lowest BCUT2D eigenvalue weighted by Crippen LogP contribution is -2.43. The smallest absolute Gasteiger partial charge is 0.303 e. The predicted molar refractivity (Wildman–Crippen MR) is 160 cm³/mol. The van der Waals surface area contributed by atoms with Gasteiger partial charge in [0.05, 0.1) is 18.1 Å². The molecular formula is C31H36ClN3O5S. The summed E-state index contributed by atoms with van der Waals surface area (Å²) in [5.41, 5.74) is 3.97. The van der Waals surface area contributed by atoms with Crippen LogP contribution >= 0.6 is 11.6 Å². The summed E-state index contributed by atoms with van der Waals surface area (Å²) in [6.07, 6.45) is 7.44. The second kappa shape index (κ2) is 15.2. The van der Waals surface area contributed by atoms with Gasteiger partial charge >= 0.3 is 5.97 Å². The van der Waals surface area contributed by atoms with Crippen LogP contribution in [0.25, 0.3) is 5.57 Å². The Hall–Kier alpha value is -3.08. The fourth-order valence-corrected chi connectivity index (χ4v) is 6.27. The normalized spacial score (nSPS) is 14.8. The molecule has 0 unspecified atom stereocenters. The second-order valence-electron chi connectivity index (χ2n) is 9.90. The van der Waals surface area contributed by atoms with Crippen LogP contribution in [0.15, 0.2) is 84.0 Å². The van der Waals surface area contributed by atoms with E-state index in [4.69, 9.17) is 21.4 Å². The fraction of sp³-hybridized carbons (Fsp3) is 0.355. The van der Waals surface area contributed by atoms with Gasteiger partial charge in [0.2, 0.25) is 10.0 Å². The number of carboxylic acid groups (broad SMARTS) is 1. The summed E-state index contributed by atoms with van der Waals surface area (Å²) >= 11 is 6.01. The number of rotatable bonds is 14. The number of hydrogen-bond donors (Lipinski definition) is 1. The van der Waals surface area contributed by atoms with Gasteiger partial charge in [-0.3, -0.25) is 14.7 Å². The zero-order valence-electron chi connectivity index (χ0n) is 23.0. The third-order valence-electron chi connectivity index (χ3n) is 7.05. The molecule has 1 aliphatic heterocycles. The summed E-state index contributed by atoms with van der Waals surface area (Å²) in [6.45, 7) is 4.26. The van der Waals surface area contributed by atoms with E-state index in [0.717, 1.165) is 35.4 Å². The molecule has 218 valence electrons. The van der Waals surface area contributed by atoms with Gasteiger partial charge in [-0.05, 0) is 66.3 Å². The molecule has 0 saturated carbocycles. The Bertz CT molecular complexity index is 1390. The highest BCUT2D eigenvalue weighted by molar-refractivity contribution is 7.89. The lowest BCUT2D eigenvalue weighted by molar-refractivity contribution is -0.137. The summed E-state index contributed by atoms with van der Waals surface area (Å²) in [5.74, 6) is -0.803. The number of carbonyl (C=O) groups is 1. The average molecular weight is 598 g/mol. The van der Waals surface area contributed by atoms with E-state index >= 15 is 0 Å². The topological polar surface area (TPSA) is 100 Å². The molecule has 8 nitrogen and oxygen atoms in total. The number of nitrogens with zero attached hydrogens (tertiary/aromatic N) is 3. The van der Waals surface area contributed by atoms with Crippen molar-refractivity contribution < 1.29 is 23.1 Å². The highest BCUT2D eigenvalue weighted by atomic mass is 35.5. The van der Waals surface area contributed by atoms with Crippen molar-refractivity contribution in [2.75, 3.05) is 45.9 Å². The molecule has 0 bridgehead atoms. The van der Waals surface area contributed by atoms with Crippen molar-refractivity contribution in [3.05, 3.63) is 101 Å². The van der Waals surface area contributed by atoms with Crippen molar-refractivity contribution in [2.24, 2.45) is 0 Å². The molecule has 0 aliphatic carbocycles. The number of benzene rings is 2. The van der Waals surface area contributed by atoms with Gasteiger partial charge in [-0.15, -0.1) is 0 Å². The molecule has 10 heteroatoms. The van der Waals surface area contributed by atoms with Gasteiger partial charge in [-0.2, -0.15) is 4.31 Å². The van der Waals surface area contributed by atoms with E-state index in [9.17, 15) is 13.2 Å². The lowest BCUT2D eigenvalue weighted by atomic mass is 9.96. The molecule has 3 aromatic rings. The van der Waals surface area contributed by atoms with Crippen molar-refractivity contribution in [1.29, 1.82) is 0 Å². The number of hydrogen-bond acceptors (Lipinski definition) is 6. The van der Waals surface area contributed by atoms with Crippen LogP contribution in [-0.2, 0) is 26.0 Å². The van der Waals surface area contributed by atoms with Gasteiger partial charge in [0.25, 0.3) is 0 Å². The first-order valence-electron chi connectivity index (χ1n) is 13.8. The van der Waals surface area contributed by atoms with E-state index in [1.165, 1.54) is 0 Å². The SMILES string of the molecule is O=C(O)CCC/C=C(\c1ccc(CCN(CCN2CCOCC2)S(=O)(=O)c2ccc(Cl)cc2)cc1)c1cccnc1. The summed E-state index contributed by atoms with van der Waals surface area (Å²) in [6, 6.07) is 18.3. The van der Waals surface area contributed by atoms with Crippen LogP contribution in [-0.4, -0.2) is 79.6 Å². The molecule has 0 atom stereocenters. The second-order valence-corrected chi connectivity index (χ2v) is 12.3. The summed E-state index contributed by atoms with van der Waals surface area (Å²) in [5, 5.41) is 9.47. The third kappa shape index (κ3) is 9.21. The van der Waals surface area contributed by atoms with E-state index in [1.54, 1.807) is 41.0 Å². The van der Waals surface area contributed by atoms with Crippen molar-refractivity contribution in [3.8, 4) is 0 Å². The van der Waals surface area contributed by atoms with Crippen molar-refractivity contribution in [1.82, 2.24) is 14.2 Å². The number of unbranched alkanes of at least 4 members (excludes halogenated alkanes) is 1. The molecule has 1 fully saturated rings. The molecule has 1 saturated heterocycles. The molecule has 2 aromatic carbocycles. The predicted octanol–water partition coefficient (Wildman–Crippen LogP) is 4.99. The Balaban J connectivity index is 1.48. The van der Waals surface area contributed by atoms with Crippen LogP contribution < -0.4 is 0 Å². The van der Waals surface area contributed by atoms with Gasteiger partial charge in [0.1, 0.15) is 0 Å². The number of carboxylic acids is 1. The molecule has 0 amide bonds. The molecule has 0 radical (unpaired) electrons. The van der Waals surface area contributed by atoms with Crippen molar-refractivity contribution in [2.45, 2.75) is 30.6 Å². The first kappa shape index (κ1) is 30.9. The maximum absolute atomic E-state index is 13.6. The lowest BCUT2D eigenvalue weighted by Gasteiger charge is -2.29. The Morgan fingerprint density at radius 2 is 1.76 bits per heavy atom. The summed E-state index contributed by atoms with van der Waals surface area (Å²) in [4.78, 5) is 17.6. The minimum absolute atomic E-state index is 0.122. The number of aliphatic carboxylic acids is 1. The molecular weight excluding hydrogens is 562 g/mol. The number of halogens is 1. The Kier molecular flexibility index (Phi) is 11.5. The third-order valence-corrected chi connectivity index (χ3v) is 9.22.